The summed E-state index contributed by atoms with van der Waals surface area (Å²) < 4.78 is 1.83. The molecule has 0 spiro atoms. The molecule has 4 nitrogen and oxygen atoms in total. The minimum atomic E-state index is 0.112. The van der Waals surface area contributed by atoms with Crippen molar-refractivity contribution in [2.75, 3.05) is 6.54 Å². The summed E-state index contributed by atoms with van der Waals surface area (Å²) in [5, 5.41) is 11.2. The van der Waals surface area contributed by atoms with E-state index in [1.807, 2.05) is 30.9 Å². The number of aromatic nitrogens is 3. The Morgan fingerprint density at radius 3 is 2.82 bits per heavy atom. The minimum Gasteiger partial charge on any atom is -0.304 e. The normalized spacial score (nSPS) is 12.9. The van der Waals surface area contributed by atoms with E-state index in [0.29, 0.717) is 0 Å². The highest BCUT2D eigenvalue weighted by Crippen LogP contribution is 2.22. The second kappa shape index (κ2) is 5.42. The maximum Gasteiger partial charge on any atom is 0.0952 e. The molecule has 17 heavy (non-hydrogen) atoms. The molecule has 0 bridgehead atoms. The highest BCUT2D eigenvalue weighted by atomic mass is 32.1. The molecule has 2 rings (SSSR count). The van der Waals surface area contributed by atoms with Crippen LogP contribution in [0, 0.1) is 6.92 Å². The van der Waals surface area contributed by atoms with Gasteiger partial charge in [0.2, 0.25) is 0 Å². The molecule has 0 saturated heterocycles. The maximum absolute atomic E-state index is 4.56. The first-order valence-electron chi connectivity index (χ1n) is 5.85. The van der Waals surface area contributed by atoms with Crippen molar-refractivity contribution in [1.29, 1.82) is 0 Å². The van der Waals surface area contributed by atoms with Crippen LogP contribution in [0.4, 0.5) is 0 Å². The van der Waals surface area contributed by atoms with Crippen LogP contribution in [0.1, 0.15) is 35.8 Å². The van der Waals surface area contributed by atoms with E-state index in [0.717, 1.165) is 29.4 Å². The van der Waals surface area contributed by atoms with E-state index in [1.54, 1.807) is 11.3 Å². The molecule has 0 radical (unpaired) electrons. The molecule has 0 aliphatic heterocycles. The highest BCUT2D eigenvalue weighted by molar-refractivity contribution is 7.09. The van der Waals surface area contributed by atoms with E-state index >= 15 is 0 Å². The third-order valence-corrected chi connectivity index (χ3v) is 3.35. The molecular weight excluding hydrogens is 232 g/mol. The van der Waals surface area contributed by atoms with Crippen molar-refractivity contribution in [2.24, 2.45) is 7.05 Å². The zero-order valence-corrected chi connectivity index (χ0v) is 11.3. The van der Waals surface area contributed by atoms with Crippen molar-refractivity contribution in [3.05, 3.63) is 34.0 Å². The Hall–Kier alpha value is -1.20. The first-order chi connectivity index (χ1) is 8.20. The lowest BCUT2D eigenvalue weighted by molar-refractivity contribution is 0.566. The van der Waals surface area contributed by atoms with Gasteiger partial charge in [-0.2, -0.15) is 5.10 Å². The van der Waals surface area contributed by atoms with Crippen molar-refractivity contribution in [2.45, 2.75) is 26.3 Å². The van der Waals surface area contributed by atoms with E-state index in [2.05, 4.69) is 27.7 Å². The van der Waals surface area contributed by atoms with Gasteiger partial charge in [-0.05, 0) is 26.0 Å². The molecular formula is C12H18N4S. The fraction of sp³-hybridized carbons (Fsp3) is 0.500. The number of thiazole rings is 1. The SMILES string of the molecule is CCCNC(c1csc(C)n1)c1ccn(C)n1. The van der Waals surface area contributed by atoms with Crippen LogP contribution in [0.15, 0.2) is 17.6 Å². The summed E-state index contributed by atoms with van der Waals surface area (Å²) in [4.78, 5) is 4.56. The summed E-state index contributed by atoms with van der Waals surface area (Å²) in [6.45, 7) is 5.16. The van der Waals surface area contributed by atoms with Gasteiger partial charge in [-0.1, -0.05) is 6.92 Å². The Morgan fingerprint density at radius 1 is 1.47 bits per heavy atom. The van der Waals surface area contributed by atoms with Crippen LogP contribution in [0.5, 0.6) is 0 Å². The molecule has 0 saturated carbocycles. The summed E-state index contributed by atoms with van der Waals surface area (Å²) in [5.41, 5.74) is 2.10. The minimum absolute atomic E-state index is 0.112. The summed E-state index contributed by atoms with van der Waals surface area (Å²) in [6, 6.07) is 2.16. The zero-order valence-electron chi connectivity index (χ0n) is 10.5. The Bertz CT molecular complexity index is 434. The van der Waals surface area contributed by atoms with Gasteiger partial charge >= 0.3 is 0 Å². The van der Waals surface area contributed by atoms with E-state index < -0.39 is 0 Å². The Kier molecular flexibility index (Phi) is 3.91. The second-order valence-corrected chi connectivity index (χ2v) is 5.16. The monoisotopic (exact) mass is 250 g/mol. The standard InChI is InChI=1S/C12H18N4S/c1-4-6-13-12(10-5-7-16(3)15-10)11-8-17-9(2)14-11/h5,7-8,12-13H,4,6H2,1-3H3. The van der Waals surface area contributed by atoms with Gasteiger partial charge in [0.1, 0.15) is 0 Å². The molecule has 92 valence electrons. The Balaban J connectivity index is 2.24. The molecule has 2 aromatic heterocycles. The molecule has 0 amide bonds. The summed E-state index contributed by atoms with van der Waals surface area (Å²) in [5.74, 6) is 0. The number of hydrogen-bond acceptors (Lipinski definition) is 4. The van der Waals surface area contributed by atoms with Crippen molar-refractivity contribution in [3.63, 3.8) is 0 Å². The molecule has 2 heterocycles. The maximum atomic E-state index is 4.56. The zero-order chi connectivity index (χ0) is 12.3. The van der Waals surface area contributed by atoms with E-state index in [9.17, 15) is 0 Å². The summed E-state index contributed by atoms with van der Waals surface area (Å²) in [7, 11) is 1.94. The molecule has 5 heteroatoms. The number of aryl methyl sites for hydroxylation is 2. The van der Waals surface area contributed by atoms with Crippen LogP contribution in [0.25, 0.3) is 0 Å². The molecule has 0 fully saturated rings. The molecule has 0 aliphatic carbocycles. The third kappa shape index (κ3) is 2.92. The van der Waals surface area contributed by atoms with Gasteiger partial charge in [0.05, 0.1) is 22.4 Å². The van der Waals surface area contributed by atoms with Crippen LogP contribution in [-0.2, 0) is 7.05 Å². The van der Waals surface area contributed by atoms with Crippen LogP contribution in [-0.4, -0.2) is 21.3 Å². The summed E-state index contributed by atoms with van der Waals surface area (Å²) in [6.07, 6.45) is 3.07. The number of nitrogens with zero attached hydrogens (tertiary/aromatic N) is 3. The average Bonchev–Trinajstić information content (AvgIpc) is 2.89. The highest BCUT2D eigenvalue weighted by Gasteiger charge is 2.18. The second-order valence-electron chi connectivity index (χ2n) is 4.09. The van der Waals surface area contributed by atoms with Gasteiger partial charge in [0, 0.05) is 18.6 Å². The first-order valence-corrected chi connectivity index (χ1v) is 6.73. The van der Waals surface area contributed by atoms with Crippen molar-refractivity contribution < 1.29 is 0 Å². The largest absolute Gasteiger partial charge is 0.304 e. The van der Waals surface area contributed by atoms with Crippen LogP contribution in [0.2, 0.25) is 0 Å². The van der Waals surface area contributed by atoms with Gasteiger partial charge in [-0.25, -0.2) is 4.98 Å². The number of nitrogens with one attached hydrogen (secondary N) is 1. The van der Waals surface area contributed by atoms with Crippen molar-refractivity contribution in [3.8, 4) is 0 Å². The van der Waals surface area contributed by atoms with Crippen LogP contribution >= 0.6 is 11.3 Å². The predicted octanol–water partition coefficient (Wildman–Crippen LogP) is 2.27. The quantitative estimate of drug-likeness (QED) is 0.885. The molecule has 1 unspecified atom stereocenters. The molecule has 1 N–H and O–H groups in total. The predicted molar refractivity (Wildman–Crippen MR) is 70.2 cm³/mol. The van der Waals surface area contributed by atoms with Gasteiger partial charge in [-0.3, -0.25) is 4.68 Å². The smallest absolute Gasteiger partial charge is 0.0952 e. The molecule has 2 aromatic rings. The fourth-order valence-electron chi connectivity index (χ4n) is 1.75. The van der Waals surface area contributed by atoms with Crippen molar-refractivity contribution >= 4 is 11.3 Å². The van der Waals surface area contributed by atoms with Crippen molar-refractivity contribution in [1.82, 2.24) is 20.1 Å². The fourth-order valence-corrected chi connectivity index (χ4v) is 2.39. The van der Waals surface area contributed by atoms with Gasteiger partial charge in [0.15, 0.2) is 0 Å². The van der Waals surface area contributed by atoms with E-state index in [1.165, 1.54) is 0 Å². The molecule has 1 atom stereocenters. The Morgan fingerprint density at radius 2 is 2.29 bits per heavy atom. The van der Waals surface area contributed by atoms with Crippen LogP contribution in [0.3, 0.4) is 0 Å². The van der Waals surface area contributed by atoms with Gasteiger partial charge in [-0.15, -0.1) is 11.3 Å². The number of rotatable bonds is 5. The lowest BCUT2D eigenvalue weighted by Crippen LogP contribution is -2.24. The molecule has 0 aromatic carbocycles. The Labute approximate surface area is 106 Å². The van der Waals surface area contributed by atoms with Crippen LogP contribution < -0.4 is 5.32 Å². The van der Waals surface area contributed by atoms with E-state index in [-0.39, 0.29) is 6.04 Å². The lowest BCUT2D eigenvalue weighted by atomic mass is 10.1. The topological polar surface area (TPSA) is 42.7 Å². The number of hydrogen-bond donors (Lipinski definition) is 1. The first kappa shape index (κ1) is 12.3. The van der Waals surface area contributed by atoms with E-state index in [4.69, 9.17) is 0 Å². The van der Waals surface area contributed by atoms with Gasteiger partial charge < -0.3 is 5.32 Å². The lowest BCUT2D eigenvalue weighted by Gasteiger charge is -2.13. The van der Waals surface area contributed by atoms with Gasteiger partial charge in [0.25, 0.3) is 0 Å². The summed E-state index contributed by atoms with van der Waals surface area (Å²) >= 11 is 1.68. The average molecular weight is 250 g/mol. The third-order valence-electron chi connectivity index (χ3n) is 2.56. The molecule has 0 aliphatic rings.